The number of hydrogen-bond acceptors (Lipinski definition) is 3. The lowest BCUT2D eigenvalue weighted by Gasteiger charge is -2.05. The lowest BCUT2D eigenvalue weighted by Crippen LogP contribution is -2.15. The van der Waals surface area contributed by atoms with Crippen LogP contribution >= 0.6 is 0 Å². The first-order valence-corrected chi connectivity index (χ1v) is 6.01. The number of hydrogen-bond donors (Lipinski definition) is 1. The molecule has 1 saturated carbocycles. The molecular formula is C13H16N4. The first-order valence-electron chi connectivity index (χ1n) is 6.01. The van der Waals surface area contributed by atoms with Gasteiger partial charge in [0.1, 0.15) is 0 Å². The van der Waals surface area contributed by atoms with Crippen molar-refractivity contribution in [3.8, 4) is 5.69 Å². The Hall–Kier alpha value is -1.68. The fourth-order valence-corrected chi connectivity index (χ4v) is 1.80. The summed E-state index contributed by atoms with van der Waals surface area (Å²) in [4.78, 5) is 4.27. The molecule has 4 heteroatoms. The monoisotopic (exact) mass is 228 g/mol. The van der Waals surface area contributed by atoms with Gasteiger partial charge in [-0.15, -0.1) is 0 Å². The molecule has 1 aliphatic rings. The van der Waals surface area contributed by atoms with E-state index in [1.807, 2.05) is 36.3 Å². The van der Waals surface area contributed by atoms with Crippen LogP contribution in [-0.4, -0.2) is 20.8 Å². The lowest BCUT2D eigenvalue weighted by molar-refractivity contribution is 0.684. The second kappa shape index (κ2) is 4.30. The molecule has 1 fully saturated rings. The predicted molar refractivity (Wildman–Crippen MR) is 66.0 cm³/mol. The molecule has 0 atom stereocenters. The average molecular weight is 228 g/mol. The Kier molecular flexibility index (Phi) is 2.65. The minimum atomic E-state index is 0.727. The fraction of sp³-hybridized carbons (Fsp3) is 0.385. The Bertz CT molecular complexity index is 514. The molecule has 0 unspecified atom stereocenters. The van der Waals surface area contributed by atoms with E-state index >= 15 is 0 Å². The van der Waals surface area contributed by atoms with E-state index < -0.39 is 0 Å². The molecule has 0 aliphatic heterocycles. The minimum Gasteiger partial charge on any atom is -0.310 e. The van der Waals surface area contributed by atoms with Crippen LogP contribution in [0.3, 0.4) is 0 Å². The Morgan fingerprint density at radius 3 is 3.00 bits per heavy atom. The highest BCUT2D eigenvalue weighted by atomic mass is 15.3. The van der Waals surface area contributed by atoms with Crippen molar-refractivity contribution in [1.82, 2.24) is 20.1 Å². The molecule has 1 N–H and O–H groups in total. The predicted octanol–water partition coefficient (Wildman–Crippen LogP) is 1.83. The van der Waals surface area contributed by atoms with Gasteiger partial charge in [-0.3, -0.25) is 4.98 Å². The number of nitrogens with zero attached hydrogens (tertiary/aromatic N) is 3. The van der Waals surface area contributed by atoms with E-state index in [1.54, 1.807) is 0 Å². The van der Waals surface area contributed by atoms with E-state index in [1.165, 1.54) is 18.4 Å². The van der Waals surface area contributed by atoms with Gasteiger partial charge in [-0.05, 0) is 37.5 Å². The minimum absolute atomic E-state index is 0.727. The van der Waals surface area contributed by atoms with Crippen molar-refractivity contribution in [2.75, 3.05) is 0 Å². The van der Waals surface area contributed by atoms with Gasteiger partial charge in [0.25, 0.3) is 0 Å². The van der Waals surface area contributed by atoms with Crippen LogP contribution in [0.1, 0.15) is 24.1 Å². The quantitative estimate of drug-likeness (QED) is 0.868. The molecule has 88 valence electrons. The number of pyridine rings is 1. The Balaban J connectivity index is 1.77. The van der Waals surface area contributed by atoms with Gasteiger partial charge in [-0.1, -0.05) is 0 Å². The van der Waals surface area contributed by atoms with E-state index in [0.29, 0.717) is 0 Å². The normalized spacial score (nSPS) is 15.1. The Morgan fingerprint density at radius 1 is 1.41 bits per heavy atom. The topological polar surface area (TPSA) is 42.7 Å². The van der Waals surface area contributed by atoms with Gasteiger partial charge in [0, 0.05) is 25.0 Å². The summed E-state index contributed by atoms with van der Waals surface area (Å²) in [6.07, 6.45) is 8.34. The molecule has 0 bridgehead atoms. The number of nitrogens with one attached hydrogen (secondary N) is 1. The molecule has 0 amide bonds. The second-order valence-corrected chi connectivity index (χ2v) is 4.61. The van der Waals surface area contributed by atoms with Gasteiger partial charge in [-0.2, -0.15) is 5.10 Å². The molecule has 0 spiro atoms. The van der Waals surface area contributed by atoms with Gasteiger partial charge in [-0.25, -0.2) is 4.68 Å². The average Bonchev–Trinajstić information content (AvgIpc) is 3.08. The van der Waals surface area contributed by atoms with Crippen molar-refractivity contribution < 1.29 is 0 Å². The number of aromatic nitrogens is 3. The SMILES string of the molecule is Cc1ccn(-c2cncc(CNC3CC3)c2)n1. The van der Waals surface area contributed by atoms with Crippen LogP contribution in [-0.2, 0) is 6.54 Å². The molecule has 0 radical (unpaired) electrons. The van der Waals surface area contributed by atoms with Crippen molar-refractivity contribution in [2.24, 2.45) is 0 Å². The molecule has 1 aliphatic carbocycles. The zero-order valence-electron chi connectivity index (χ0n) is 9.93. The highest BCUT2D eigenvalue weighted by Crippen LogP contribution is 2.19. The zero-order valence-corrected chi connectivity index (χ0v) is 9.93. The van der Waals surface area contributed by atoms with Gasteiger partial charge >= 0.3 is 0 Å². The summed E-state index contributed by atoms with van der Waals surface area (Å²) in [6.45, 7) is 2.88. The largest absolute Gasteiger partial charge is 0.310 e. The molecule has 2 aromatic heterocycles. The van der Waals surface area contributed by atoms with E-state index in [2.05, 4.69) is 21.5 Å². The lowest BCUT2D eigenvalue weighted by atomic mass is 10.2. The first kappa shape index (κ1) is 10.5. The molecular weight excluding hydrogens is 212 g/mol. The first-order chi connectivity index (χ1) is 8.31. The van der Waals surface area contributed by atoms with Crippen LogP contribution in [0.4, 0.5) is 0 Å². The van der Waals surface area contributed by atoms with Crippen molar-refractivity contribution in [3.63, 3.8) is 0 Å². The van der Waals surface area contributed by atoms with Gasteiger partial charge in [0.05, 0.1) is 17.6 Å². The van der Waals surface area contributed by atoms with Gasteiger partial charge in [0.2, 0.25) is 0 Å². The van der Waals surface area contributed by atoms with Crippen LogP contribution in [0.2, 0.25) is 0 Å². The second-order valence-electron chi connectivity index (χ2n) is 4.61. The van der Waals surface area contributed by atoms with Gasteiger partial charge < -0.3 is 5.32 Å². The Morgan fingerprint density at radius 2 is 2.29 bits per heavy atom. The van der Waals surface area contributed by atoms with Crippen LogP contribution < -0.4 is 5.32 Å². The maximum Gasteiger partial charge on any atom is 0.0832 e. The third-order valence-electron chi connectivity index (χ3n) is 2.94. The molecule has 17 heavy (non-hydrogen) atoms. The van der Waals surface area contributed by atoms with Crippen molar-refractivity contribution in [1.29, 1.82) is 0 Å². The molecule has 0 saturated heterocycles. The van der Waals surface area contributed by atoms with Crippen molar-refractivity contribution in [2.45, 2.75) is 32.4 Å². The van der Waals surface area contributed by atoms with Crippen LogP contribution in [0.25, 0.3) is 5.69 Å². The van der Waals surface area contributed by atoms with E-state index in [-0.39, 0.29) is 0 Å². The molecule has 4 nitrogen and oxygen atoms in total. The van der Waals surface area contributed by atoms with Crippen LogP contribution in [0.15, 0.2) is 30.7 Å². The van der Waals surface area contributed by atoms with Crippen LogP contribution in [0.5, 0.6) is 0 Å². The standard InChI is InChI=1S/C13H16N4/c1-10-4-5-17(16-10)13-6-11(7-14-9-13)8-15-12-2-3-12/h4-7,9,12,15H,2-3,8H2,1H3. The third kappa shape index (κ3) is 2.53. The summed E-state index contributed by atoms with van der Waals surface area (Å²) in [5.74, 6) is 0. The summed E-state index contributed by atoms with van der Waals surface area (Å²) < 4.78 is 1.86. The van der Waals surface area contributed by atoms with Crippen LogP contribution in [0, 0.1) is 6.92 Å². The smallest absolute Gasteiger partial charge is 0.0832 e. The summed E-state index contributed by atoms with van der Waals surface area (Å²) in [7, 11) is 0. The third-order valence-corrected chi connectivity index (χ3v) is 2.94. The van der Waals surface area contributed by atoms with E-state index in [9.17, 15) is 0 Å². The van der Waals surface area contributed by atoms with Crippen molar-refractivity contribution >= 4 is 0 Å². The van der Waals surface area contributed by atoms with E-state index in [0.717, 1.165) is 24.0 Å². The summed E-state index contributed by atoms with van der Waals surface area (Å²) in [6, 6.07) is 4.86. The zero-order chi connectivity index (χ0) is 11.7. The molecule has 3 rings (SSSR count). The molecule has 2 heterocycles. The maximum absolute atomic E-state index is 4.39. The summed E-state index contributed by atoms with van der Waals surface area (Å²) in [5, 5.41) is 7.87. The maximum atomic E-state index is 4.39. The summed E-state index contributed by atoms with van der Waals surface area (Å²) in [5.41, 5.74) is 3.25. The fourth-order valence-electron chi connectivity index (χ4n) is 1.80. The van der Waals surface area contributed by atoms with Gasteiger partial charge in [0.15, 0.2) is 0 Å². The molecule has 2 aromatic rings. The van der Waals surface area contributed by atoms with E-state index in [4.69, 9.17) is 0 Å². The highest BCUT2D eigenvalue weighted by molar-refractivity contribution is 5.31. The highest BCUT2D eigenvalue weighted by Gasteiger charge is 2.19. The number of rotatable bonds is 4. The summed E-state index contributed by atoms with van der Waals surface area (Å²) >= 11 is 0. The number of aryl methyl sites for hydroxylation is 1. The van der Waals surface area contributed by atoms with Crippen molar-refractivity contribution in [3.05, 3.63) is 42.0 Å². The molecule has 0 aromatic carbocycles. The Labute approximate surface area is 101 Å².